The smallest absolute Gasteiger partial charge is 0.0708 e. The maximum Gasteiger partial charge on any atom is 0.0708 e. The third kappa shape index (κ3) is 7.77. The topological polar surface area (TPSA) is 25.8 Å². The van der Waals surface area contributed by atoms with Crippen molar-refractivity contribution in [2.45, 2.75) is 0 Å². The molecule has 0 amide bonds. The van der Waals surface area contributed by atoms with E-state index in [9.17, 15) is 0 Å². The average Bonchev–Trinajstić information content (AvgIpc) is 1.32. The van der Waals surface area contributed by atoms with E-state index in [4.69, 9.17) is 9.97 Å². The van der Waals surface area contributed by atoms with Crippen LogP contribution in [0.15, 0.2) is 291 Å². The summed E-state index contributed by atoms with van der Waals surface area (Å²) in [4.78, 5) is 10.4. The van der Waals surface area contributed by atoms with Crippen LogP contribution in [0.5, 0.6) is 0 Å². The summed E-state index contributed by atoms with van der Waals surface area (Å²) in [6.45, 7) is 0. The summed E-state index contributed by atoms with van der Waals surface area (Å²) in [5, 5.41) is 19.7. The summed E-state index contributed by atoms with van der Waals surface area (Å²) in [6.07, 6.45) is 4.17. The first kappa shape index (κ1) is 48.9. The number of pyridine rings is 2. The van der Waals surface area contributed by atoms with Crippen molar-refractivity contribution in [2.24, 2.45) is 0 Å². The predicted octanol–water partition coefficient (Wildman–Crippen LogP) is 23.8. The van der Waals surface area contributed by atoms with Crippen LogP contribution in [0.2, 0.25) is 0 Å². The zero-order chi connectivity index (χ0) is 56.4. The van der Waals surface area contributed by atoms with Gasteiger partial charge >= 0.3 is 0 Å². The van der Waals surface area contributed by atoms with Crippen LogP contribution in [0.4, 0.5) is 0 Å². The van der Waals surface area contributed by atoms with Gasteiger partial charge in [0.05, 0.1) is 11.4 Å². The lowest BCUT2D eigenvalue weighted by Crippen LogP contribution is -1.90. The van der Waals surface area contributed by atoms with Gasteiger partial charge in [-0.2, -0.15) is 0 Å². The summed E-state index contributed by atoms with van der Waals surface area (Å²) in [7, 11) is 0. The van der Waals surface area contributed by atoms with Gasteiger partial charge in [-0.05, 0) is 159 Å². The lowest BCUT2D eigenvalue weighted by Gasteiger charge is -2.14. The van der Waals surface area contributed by atoms with E-state index in [0.717, 1.165) is 33.5 Å². The second kappa shape index (κ2) is 19.5. The Morgan fingerprint density at radius 2 is 0.570 bits per heavy atom. The fourth-order valence-electron chi connectivity index (χ4n) is 13.8. The molecule has 14 aromatic carbocycles. The van der Waals surface area contributed by atoms with Crippen molar-refractivity contribution in [3.63, 3.8) is 0 Å². The Morgan fingerprint density at radius 1 is 0.186 bits per heavy atom. The molecule has 86 heavy (non-hydrogen) atoms. The maximum absolute atomic E-state index is 5.21. The highest BCUT2D eigenvalue weighted by Crippen LogP contribution is 2.48. The minimum Gasteiger partial charge on any atom is -0.256 e. The van der Waals surface area contributed by atoms with Crippen LogP contribution in [-0.2, 0) is 0 Å². The van der Waals surface area contributed by atoms with Gasteiger partial charge in [-0.15, -0.1) is 22.7 Å². The van der Waals surface area contributed by atoms with E-state index in [1.54, 1.807) is 0 Å². The molecule has 0 aliphatic rings. The Labute approximate surface area is 503 Å². The Hall–Kier alpha value is -10.6. The van der Waals surface area contributed by atoms with E-state index in [2.05, 4.69) is 291 Å². The monoisotopic (exact) mass is 1120 g/mol. The van der Waals surface area contributed by atoms with E-state index in [0.29, 0.717) is 0 Å². The number of aromatic nitrogens is 2. The first-order valence-electron chi connectivity index (χ1n) is 29.3. The summed E-state index contributed by atoms with van der Waals surface area (Å²) in [5.74, 6) is 0. The van der Waals surface area contributed by atoms with Gasteiger partial charge in [-0.1, -0.05) is 224 Å². The van der Waals surface area contributed by atoms with E-state index >= 15 is 0 Å². The van der Waals surface area contributed by atoms with Crippen LogP contribution in [-0.4, -0.2) is 9.97 Å². The molecular weight excluding hydrogens is 1080 g/mol. The lowest BCUT2D eigenvalue weighted by molar-refractivity contribution is 1.36. The molecule has 4 aromatic heterocycles. The van der Waals surface area contributed by atoms with Gasteiger partial charge < -0.3 is 0 Å². The van der Waals surface area contributed by atoms with E-state index in [1.165, 1.54) is 150 Å². The molecule has 2 nitrogen and oxygen atoms in total. The summed E-state index contributed by atoms with van der Waals surface area (Å²) >= 11 is 3.78. The number of hydrogen-bond donors (Lipinski definition) is 0. The first-order valence-corrected chi connectivity index (χ1v) is 31.0. The zero-order valence-electron chi connectivity index (χ0n) is 46.4. The SMILES string of the molecule is c1ccc(-c2cc(-c3ccc4c(c3)c3ccccc3c3cnc(-c5cccc(-c6cccc(-c7cccc8c7sc7ccccc78)c6)c5)cc43)cc3c2sc2c(-c4cccc(-c5cc6c7ccccc7c7ccccc7c6cn5)c4)cccc23)cc1. The molecule has 0 saturated heterocycles. The summed E-state index contributed by atoms with van der Waals surface area (Å²) in [5.41, 5.74) is 16.1. The highest BCUT2D eigenvalue weighted by molar-refractivity contribution is 7.27. The van der Waals surface area contributed by atoms with Crippen molar-refractivity contribution in [1.82, 2.24) is 9.97 Å². The molecule has 18 rings (SSSR count). The second-order valence-electron chi connectivity index (χ2n) is 22.7. The highest BCUT2D eigenvalue weighted by atomic mass is 32.1. The fourth-order valence-corrected chi connectivity index (χ4v) is 16.4. The number of thiophene rings is 2. The third-order valence-corrected chi connectivity index (χ3v) is 20.4. The van der Waals surface area contributed by atoms with Crippen molar-refractivity contribution >= 4 is 128 Å². The number of rotatable bonds is 7. The van der Waals surface area contributed by atoms with Gasteiger partial charge in [0.15, 0.2) is 0 Å². The molecular formula is C82H48N2S2. The largest absolute Gasteiger partial charge is 0.256 e. The highest BCUT2D eigenvalue weighted by Gasteiger charge is 2.20. The van der Waals surface area contributed by atoms with Gasteiger partial charge in [0.25, 0.3) is 0 Å². The van der Waals surface area contributed by atoms with Crippen molar-refractivity contribution in [3.05, 3.63) is 291 Å². The first-order chi connectivity index (χ1) is 42.6. The van der Waals surface area contributed by atoms with E-state index < -0.39 is 0 Å². The molecule has 398 valence electrons. The maximum atomic E-state index is 5.21. The third-order valence-electron chi connectivity index (χ3n) is 17.9. The van der Waals surface area contributed by atoms with Crippen molar-refractivity contribution < 1.29 is 0 Å². The Kier molecular flexibility index (Phi) is 11.1. The van der Waals surface area contributed by atoms with Gasteiger partial charge in [-0.25, -0.2) is 0 Å². The second-order valence-corrected chi connectivity index (χ2v) is 24.8. The molecule has 0 spiro atoms. The minimum absolute atomic E-state index is 0.951. The normalized spacial score (nSPS) is 12.0. The molecule has 0 radical (unpaired) electrons. The Balaban J connectivity index is 0.740. The minimum atomic E-state index is 0.951. The van der Waals surface area contributed by atoms with Crippen LogP contribution >= 0.6 is 22.7 Å². The molecule has 0 fully saturated rings. The Bertz CT molecular complexity index is 5820. The molecule has 0 N–H and O–H groups in total. The van der Waals surface area contributed by atoms with Crippen molar-refractivity contribution in [1.29, 1.82) is 0 Å². The molecule has 0 aliphatic carbocycles. The van der Waals surface area contributed by atoms with Crippen molar-refractivity contribution in [3.8, 4) is 78.1 Å². The van der Waals surface area contributed by atoms with E-state index in [-0.39, 0.29) is 0 Å². The average molecular weight is 1130 g/mol. The molecule has 0 saturated carbocycles. The molecule has 0 unspecified atom stereocenters. The molecule has 18 aromatic rings. The molecule has 0 atom stereocenters. The number of fused-ring (bicyclic) bond motifs is 18. The van der Waals surface area contributed by atoms with Gasteiger partial charge in [0.1, 0.15) is 0 Å². The Morgan fingerprint density at radius 3 is 1.17 bits per heavy atom. The number of hydrogen-bond acceptors (Lipinski definition) is 4. The van der Waals surface area contributed by atoms with Gasteiger partial charge in [0.2, 0.25) is 0 Å². The molecule has 0 aliphatic heterocycles. The van der Waals surface area contributed by atoms with Crippen molar-refractivity contribution in [2.75, 3.05) is 0 Å². The van der Waals surface area contributed by atoms with Crippen LogP contribution in [0.25, 0.3) is 183 Å². The van der Waals surface area contributed by atoms with E-state index in [1.807, 2.05) is 22.7 Å². The summed E-state index contributed by atoms with van der Waals surface area (Å²) < 4.78 is 5.21. The fraction of sp³-hybridized carbons (Fsp3) is 0. The summed E-state index contributed by atoms with van der Waals surface area (Å²) in [6, 6.07) is 103. The molecule has 4 heteroatoms. The van der Waals surface area contributed by atoms with Gasteiger partial charge in [0, 0.05) is 80.2 Å². The van der Waals surface area contributed by atoms with Crippen LogP contribution in [0.1, 0.15) is 0 Å². The van der Waals surface area contributed by atoms with Crippen LogP contribution in [0.3, 0.4) is 0 Å². The predicted molar refractivity (Wildman–Crippen MR) is 371 cm³/mol. The van der Waals surface area contributed by atoms with Crippen LogP contribution in [0, 0.1) is 0 Å². The molecule has 0 bridgehead atoms. The number of nitrogens with zero attached hydrogens (tertiary/aromatic N) is 2. The molecule has 4 heterocycles. The van der Waals surface area contributed by atoms with Crippen LogP contribution < -0.4 is 0 Å². The standard InChI is InChI=1S/C82H48N2S2/c1-2-17-49(18-3-1)70-43-57(44-74-69-35-16-33-59(81(69)86-82(70)74)54-22-14-24-56(41-54)78-45-72-62-27-6-4-25-60(62)61-26-5-8-29-64(61)75(72)47-84-78)52-37-38-66-71(42-52)63-28-7-9-30-65(63)76-48-83-77(46-73(66)76)55-23-13-20-51(40-55)50-19-12-21-53(39-50)58-32-15-34-68-67-31-10-11-36-79(67)85-80(58)68/h1-48H. The van der Waals surface area contributed by atoms with Gasteiger partial charge in [-0.3, -0.25) is 9.97 Å². The zero-order valence-corrected chi connectivity index (χ0v) is 48.1. The lowest BCUT2D eigenvalue weighted by atomic mass is 9.90. The quantitative estimate of drug-likeness (QED) is 0.149. The number of benzene rings is 14.